The van der Waals surface area contributed by atoms with Gasteiger partial charge in [-0.2, -0.15) is 0 Å². The van der Waals surface area contributed by atoms with Crippen LogP contribution in [-0.4, -0.2) is 11.1 Å². The van der Waals surface area contributed by atoms with Gasteiger partial charge < -0.3 is 9.52 Å². The molecule has 0 unspecified atom stereocenters. The lowest BCUT2D eigenvalue weighted by Gasteiger charge is -2.04. The molecule has 5 heteroatoms. The number of aromatic carboxylic acids is 1. The number of hydrogen-bond acceptors (Lipinski definition) is 2. The molecule has 3 nitrogen and oxygen atoms in total. The first kappa shape index (κ1) is 12.3. The van der Waals surface area contributed by atoms with Crippen LogP contribution in [0.2, 0.25) is 10.0 Å². The van der Waals surface area contributed by atoms with Gasteiger partial charge >= 0.3 is 5.97 Å². The molecule has 90 valence electrons. The number of carboxylic acid groups (broad SMARTS) is 1. The molecule has 0 saturated carbocycles. The minimum atomic E-state index is -1.11. The van der Waals surface area contributed by atoms with Crippen molar-refractivity contribution in [2.75, 3.05) is 0 Å². The van der Waals surface area contributed by atoms with Gasteiger partial charge in [0.05, 0.1) is 10.0 Å². The summed E-state index contributed by atoms with van der Waals surface area (Å²) in [6, 6.07) is 3.23. The van der Waals surface area contributed by atoms with E-state index in [-0.39, 0.29) is 11.7 Å². The molecule has 2 aromatic rings. The van der Waals surface area contributed by atoms with Crippen molar-refractivity contribution in [3.63, 3.8) is 0 Å². The second kappa shape index (κ2) is 4.24. The predicted octanol–water partition coefficient (Wildman–Crippen LogP) is 4.56. The second-order valence-corrected chi connectivity index (χ2v) is 4.85. The van der Waals surface area contributed by atoms with E-state index in [1.807, 2.05) is 13.8 Å². The maximum Gasteiger partial charge on any atom is 0.372 e. The van der Waals surface area contributed by atoms with Crippen LogP contribution in [0.4, 0.5) is 0 Å². The van der Waals surface area contributed by atoms with Gasteiger partial charge in [0.2, 0.25) is 5.76 Å². The van der Waals surface area contributed by atoms with Crippen molar-refractivity contribution in [3.8, 4) is 0 Å². The van der Waals surface area contributed by atoms with Crippen LogP contribution in [0.5, 0.6) is 0 Å². The van der Waals surface area contributed by atoms with Gasteiger partial charge in [0, 0.05) is 10.9 Å². The van der Waals surface area contributed by atoms with Crippen LogP contribution < -0.4 is 0 Å². The first-order chi connectivity index (χ1) is 7.93. The standard InChI is InChI=1S/C12H10Cl2O3/c1-5(2)8-9-6(13)3-4-7(14)10(9)17-11(8)12(15)16/h3-5H,1-2H3,(H,15,16). The molecular weight excluding hydrogens is 263 g/mol. The summed E-state index contributed by atoms with van der Waals surface area (Å²) in [6.45, 7) is 3.77. The van der Waals surface area contributed by atoms with Crippen LogP contribution >= 0.6 is 23.2 Å². The normalized spacial score (nSPS) is 11.4. The van der Waals surface area contributed by atoms with Crippen molar-refractivity contribution in [2.45, 2.75) is 19.8 Å². The molecule has 0 aliphatic heterocycles. The summed E-state index contributed by atoms with van der Waals surface area (Å²) in [4.78, 5) is 11.1. The van der Waals surface area contributed by atoms with Gasteiger partial charge in [0.1, 0.15) is 0 Å². The molecular formula is C12H10Cl2O3. The summed E-state index contributed by atoms with van der Waals surface area (Å²) in [6.07, 6.45) is 0. The molecule has 1 heterocycles. The number of carboxylic acids is 1. The lowest BCUT2D eigenvalue weighted by Crippen LogP contribution is -2.00. The van der Waals surface area contributed by atoms with E-state index in [1.165, 1.54) is 0 Å². The largest absolute Gasteiger partial charge is 0.475 e. The number of fused-ring (bicyclic) bond motifs is 1. The van der Waals surface area contributed by atoms with Gasteiger partial charge in [0.15, 0.2) is 5.58 Å². The molecule has 0 aliphatic carbocycles. The third-order valence-electron chi connectivity index (χ3n) is 2.55. The Balaban J connectivity index is 2.95. The fraction of sp³-hybridized carbons (Fsp3) is 0.250. The topological polar surface area (TPSA) is 50.4 Å². The SMILES string of the molecule is CC(C)c1c(C(=O)O)oc2c(Cl)ccc(Cl)c12. The summed E-state index contributed by atoms with van der Waals surface area (Å²) in [7, 11) is 0. The molecule has 2 rings (SSSR count). The van der Waals surface area contributed by atoms with E-state index < -0.39 is 5.97 Å². The molecule has 0 radical (unpaired) electrons. The maximum atomic E-state index is 11.1. The van der Waals surface area contributed by atoms with E-state index in [9.17, 15) is 4.79 Å². The minimum absolute atomic E-state index is 0.0154. The quantitative estimate of drug-likeness (QED) is 0.872. The number of carbonyl (C=O) groups is 1. The second-order valence-electron chi connectivity index (χ2n) is 4.04. The summed E-state index contributed by atoms with van der Waals surface area (Å²) >= 11 is 12.1. The molecule has 0 bridgehead atoms. The fourth-order valence-corrected chi connectivity index (χ4v) is 2.31. The van der Waals surface area contributed by atoms with Crippen molar-refractivity contribution in [3.05, 3.63) is 33.5 Å². The Labute approximate surface area is 108 Å². The maximum absolute atomic E-state index is 11.1. The average molecular weight is 273 g/mol. The predicted molar refractivity (Wildman–Crippen MR) is 67.3 cm³/mol. The Hall–Kier alpha value is -1.19. The van der Waals surface area contributed by atoms with Crippen molar-refractivity contribution in [2.24, 2.45) is 0 Å². The van der Waals surface area contributed by atoms with Gasteiger partial charge in [0.25, 0.3) is 0 Å². The summed E-state index contributed by atoms with van der Waals surface area (Å²) in [5, 5.41) is 10.5. The zero-order valence-electron chi connectivity index (χ0n) is 9.25. The molecule has 0 atom stereocenters. The highest BCUT2D eigenvalue weighted by molar-refractivity contribution is 6.40. The summed E-state index contributed by atoms with van der Waals surface area (Å²) in [5.74, 6) is -1.22. The Kier molecular flexibility index (Phi) is 3.06. The van der Waals surface area contributed by atoms with Crippen LogP contribution in [0.3, 0.4) is 0 Å². The van der Waals surface area contributed by atoms with Gasteiger partial charge in [-0.25, -0.2) is 4.79 Å². The number of rotatable bonds is 2. The van der Waals surface area contributed by atoms with E-state index in [4.69, 9.17) is 32.7 Å². The highest BCUT2D eigenvalue weighted by atomic mass is 35.5. The van der Waals surface area contributed by atoms with Gasteiger partial charge in [-0.15, -0.1) is 0 Å². The average Bonchev–Trinajstić information content (AvgIpc) is 2.64. The lowest BCUT2D eigenvalue weighted by atomic mass is 9.99. The van der Waals surface area contributed by atoms with Crippen molar-refractivity contribution >= 4 is 40.1 Å². The van der Waals surface area contributed by atoms with Crippen molar-refractivity contribution in [1.82, 2.24) is 0 Å². The van der Waals surface area contributed by atoms with Crippen LogP contribution in [0.25, 0.3) is 11.0 Å². The third-order valence-corrected chi connectivity index (χ3v) is 3.16. The Morgan fingerprint density at radius 1 is 1.29 bits per heavy atom. The van der Waals surface area contributed by atoms with Crippen molar-refractivity contribution in [1.29, 1.82) is 0 Å². The van der Waals surface area contributed by atoms with E-state index in [0.717, 1.165) is 0 Å². The highest BCUT2D eigenvalue weighted by Gasteiger charge is 2.25. The molecule has 0 spiro atoms. The van der Waals surface area contributed by atoms with Crippen LogP contribution in [0, 0.1) is 0 Å². The first-order valence-electron chi connectivity index (χ1n) is 5.07. The molecule has 0 fully saturated rings. The zero-order chi connectivity index (χ0) is 12.7. The highest BCUT2D eigenvalue weighted by Crippen LogP contribution is 2.39. The lowest BCUT2D eigenvalue weighted by molar-refractivity contribution is 0.0663. The monoisotopic (exact) mass is 272 g/mol. The summed E-state index contributed by atoms with van der Waals surface area (Å²) < 4.78 is 5.32. The Morgan fingerprint density at radius 2 is 1.88 bits per heavy atom. The Morgan fingerprint density at radius 3 is 2.41 bits per heavy atom. The third kappa shape index (κ3) is 1.90. The van der Waals surface area contributed by atoms with Gasteiger partial charge in [-0.3, -0.25) is 0 Å². The molecule has 0 amide bonds. The molecule has 17 heavy (non-hydrogen) atoms. The van der Waals surface area contributed by atoms with E-state index in [2.05, 4.69) is 0 Å². The number of benzene rings is 1. The van der Waals surface area contributed by atoms with E-state index >= 15 is 0 Å². The molecule has 1 aromatic carbocycles. The smallest absolute Gasteiger partial charge is 0.372 e. The van der Waals surface area contributed by atoms with Crippen molar-refractivity contribution < 1.29 is 14.3 Å². The van der Waals surface area contributed by atoms with E-state index in [0.29, 0.717) is 26.6 Å². The summed E-state index contributed by atoms with van der Waals surface area (Å²) in [5.41, 5.74) is 0.917. The van der Waals surface area contributed by atoms with Crippen LogP contribution in [0.15, 0.2) is 16.5 Å². The first-order valence-corrected chi connectivity index (χ1v) is 5.82. The molecule has 1 N–H and O–H groups in total. The minimum Gasteiger partial charge on any atom is -0.475 e. The van der Waals surface area contributed by atoms with Gasteiger partial charge in [-0.05, 0) is 18.1 Å². The number of hydrogen-bond donors (Lipinski definition) is 1. The zero-order valence-corrected chi connectivity index (χ0v) is 10.8. The Bertz CT molecular complexity index is 599. The fourth-order valence-electron chi connectivity index (χ4n) is 1.86. The number of halogens is 2. The number of furan rings is 1. The molecule has 0 aliphatic rings. The van der Waals surface area contributed by atoms with Crippen LogP contribution in [-0.2, 0) is 0 Å². The van der Waals surface area contributed by atoms with Gasteiger partial charge in [-0.1, -0.05) is 37.0 Å². The molecule has 0 saturated heterocycles. The molecule has 1 aromatic heterocycles. The van der Waals surface area contributed by atoms with E-state index in [1.54, 1.807) is 12.1 Å². The van der Waals surface area contributed by atoms with Crippen LogP contribution in [0.1, 0.15) is 35.9 Å².